The van der Waals surface area contributed by atoms with Crippen LogP contribution in [0.3, 0.4) is 0 Å². The average Bonchev–Trinajstić information content (AvgIpc) is 2.52. The van der Waals surface area contributed by atoms with Crippen molar-refractivity contribution in [3.63, 3.8) is 0 Å². The Bertz CT molecular complexity index is 737. The van der Waals surface area contributed by atoms with Crippen LogP contribution in [0.4, 0.5) is 11.4 Å². The molecule has 6 nitrogen and oxygen atoms in total. The zero-order valence-electron chi connectivity index (χ0n) is 14.0. The first-order valence-electron chi connectivity index (χ1n) is 7.65. The standard InChI is InChI=1S/C18H21N3O3/c1-18(2,3)20-17(22)15-10-9-14(21(23)24)11-16(15)19-12-13-7-5-4-6-8-13/h4-11,19H,12H2,1-3H3,(H,20,22). The van der Waals surface area contributed by atoms with Gasteiger partial charge < -0.3 is 10.6 Å². The lowest BCUT2D eigenvalue weighted by atomic mass is 10.1. The molecule has 0 aromatic heterocycles. The Morgan fingerprint density at radius 2 is 1.79 bits per heavy atom. The molecule has 0 saturated carbocycles. The quantitative estimate of drug-likeness (QED) is 0.647. The molecule has 126 valence electrons. The summed E-state index contributed by atoms with van der Waals surface area (Å²) in [5.41, 5.74) is 1.39. The molecule has 0 fully saturated rings. The van der Waals surface area contributed by atoms with Crippen LogP contribution in [0.25, 0.3) is 0 Å². The first-order chi connectivity index (χ1) is 11.3. The third-order valence-electron chi connectivity index (χ3n) is 3.27. The number of amides is 1. The molecule has 0 aliphatic carbocycles. The van der Waals surface area contributed by atoms with Gasteiger partial charge in [-0.15, -0.1) is 0 Å². The van der Waals surface area contributed by atoms with Crippen LogP contribution in [0.5, 0.6) is 0 Å². The molecule has 2 N–H and O–H groups in total. The van der Waals surface area contributed by atoms with Crippen LogP contribution in [0.2, 0.25) is 0 Å². The van der Waals surface area contributed by atoms with Crippen molar-refractivity contribution in [1.29, 1.82) is 0 Å². The second kappa shape index (κ2) is 7.12. The number of rotatable bonds is 5. The lowest BCUT2D eigenvalue weighted by Crippen LogP contribution is -2.40. The minimum absolute atomic E-state index is 0.0575. The van der Waals surface area contributed by atoms with Crippen molar-refractivity contribution >= 4 is 17.3 Å². The van der Waals surface area contributed by atoms with Crippen LogP contribution in [0.15, 0.2) is 48.5 Å². The Hall–Kier alpha value is -2.89. The van der Waals surface area contributed by atoms with E-state index in [1.807, 2.05) is 51.1 Å². The monoisotopic (exact) mass is 327 g/mol. The summed E-state index contributed by atoms with van der Waals surface area (Å²) in [6.45, 7) is 6.12. The molecular weight excluding hydrogens is 306 g/mol. The summed E-state index contributed by atoms with van der Waals surface area (Å²) in [5.74, 6) is -0.270. The van der Waals surface area contributed by atoms with Crippen LogP contribution in [0.1, 0.15) is 36.7 Å². The third kappa shape index (κ3) is 4.81. The number of benzene rings is 2. The number of nitro groups is 1. The molecule has 0 bridgehead atoms. The molecule has 0 radical (unpaired) electrons. The highest BCUT2D eigenvalue weighted by molar-refractivity contribution is 6.00. The number of carbonyl (C=O) groups excluding carboxylic acids is 1. The molecule has 2 aromatic rings. The van der Waals surface area contributed by atoms with Gasteiger partial charge in [-0.3, -0.25) is 14.9 Å². The summed E-state index contributed by atoms with van der Waals surface area (Å²) >= 11 is 0. The molecule has 1 amide bonds. The van der Waals surface area contributed by atoms with Crippen LogP contribution in [0, 0.1) is 10.1 Å². The van der Waals surface area contributed by atoms with Gasteiger partial charge in [-0.1, -0.05) is 30.3 Å². The van der Waals surface area contributed by atoms with E-state index in [-0.39, 0.29) is 11.6 Å². The second-order valence-corrected chi connectivity index (χ2v) is 6.53. The molecule has 0 aliphatic rings. The molecule has 0 aliphatic heterocycles. The highest BCUT2D eigenvalue weighted by Crippen LogP contribution is 2.24. The first kappa shape index (κ1) is 17.5. The molecule has 0 atom stereocenters. The zero-order valence-corrected chi connectivity index (χ0v) is 14.0. The van der Waals surface area contributed by atoms with Crippen molar-refractivity contribution in [1.82, 2.24) is 5.32 Å². The number of hydrogen-bond acceptors (Lipinski definition) is 4. The summed E-state index contributed by atoms with van der Waals surface area (Å²) in [5, 5.41) is 17.0. The maximum absolute atomic E-state index is 12.5. The lowest BCUT2D eigenvalue weighted by molar-refractivity contribution is -0.384. The van der Waals surface area contributed by atoms with Crippen LogP contribution in [-0.2, 0) is 6.54 Å². The highest BCUT2D eigenvalue weighted by atomic mass is 16.6. The number of nitrogens with one attached hydrogen (secondary N) is 2. The minimum Gasteiger partial charge on any atom is -0.380 e. The summed E-state index contributed by atoms with van der Waals surface area (Å²) in [6, 6.07) is 13.8. The smallest absolute Gasteiger partial charge is 0.271 e. The summed E-state index contributed by atoms with van der Waals surface area (Å²) in [7, 11) is 0. The Morgan fingerprint density at radius 1 is 1.12 bits per heavy atom. The van der Waals surface area contributed by atoms with E-state index in [2.05, 4.69) is 10.6 Å². The van der Waals surface area contributed by atoms with Crippen molar-refractivity contribution < 1.29 is 9.72 Å². The van der Waals surface area contributed by atoms with Gasteiger partial charge in [0.2, 0.25) is 0 Å². The van der Waals surface area contributed by atoms with E-state index in [1.165, 1.54) is 18.2 Å². The van der Waals surface area contributed by atoms with E-state index in [0.717, 1.165) is 5.56 Å². The molecule has 0 saturated heterocycles. The highest BCUT2D eigenvalue weighted by Gasteiger charge is 2.20. The van der Waals surface area contributed by atoms with Crippen molar-refractivity contribution in [3.8, 4) is 0 Å². The van der Waals surface area contributed by atoms with Gasteiger partial charge in [0.05, 0.1) is 16.2 Å². The van der Waals surface area contributed by atoms with E-state index in [4.69, 9.17) is 0 Å². The normalized spacial score (nSPS) is 11.0. The van der Waals surface area contributed by atoms with Crippen molar-refractivity contribution in [2.24, 2.45) is 0 Å². The largest absolute Gasteiger partial charge is 0.380 e. The fourth-order valence-corrected chi connectivity index (χ4v) is 2.19. The van der Waals surface area contributed by atoms with Crippen LogP contribution >= 0.6 is 0 Å². The zero-order chi connectivity index (χ0) is 17.7. The maximum atomic E-state index is 12.5. The van der Waals surface area contributed by atoms with Gasteiger partial charge in [-0.25, -0.2) is 0 Å². The van der Waals surface area contributed by atoms with Gasteiger partial charge in [-0.2, -0.15) is 0 Å². The second-order valence-electron chi connectivity index (χ2n) is 6.53. The fraction of sp³-hybridized carbons (Fsp3) is 0.278. The Morgan fingerprint density at radius 3 is 2.38 bits per heavy atom. The van der Waals surface area contributed by atoms with Crippen molar-refractivity contribution in [2.45, 2.75) is 32.9 Å². The third-order valence-corrected chi connectivity index (χ3v) is 3.27. The molecule has 0 heterocycles. The van der Waals surface area contributed by atoms with Crippen molar-refractivity contribution in [3.05, 3.63) is 69.8 Å². The number of non-ortho nitro benzene ring substituents is 1. The molecule has 24 heavy (non-hydrogen) atoms. The van der Waals surface area contributed by atoms with E-state index >= 15 is 0 Å². The van der Waals surface area contributed by atoms with Gasteiger partial charge >= 0.3 is 0 Å². The number of carbonyl (C=O) groups is 1. The predicted molar refractivity (Wildman–Crippen MR) is 94.1 cm³/mol. The van der Waals surface area contributed by atoms with Gasteiger partial charge in [0.15, 0.2) is 0 Å². The summed E-state index contributed by atoms with van der Waals surface area (Å²) < 4.78 is 0. The Kier molecular flexibility index (Phi) is 5.18. The summed E-state index contributed by atoms with van der Waals surface area (Å²) in [6.07, 6.45) is 0. The molecule has 6 heteroatoms. The topological polar surface area (TPSA) is 84.3 Å². The Balaban J connectivity index is 2.29. The predicted octanol–water partition coefficient (Wildman–Crippen LogP) is 3.74. The first-order valence-corrected chi connectivity index (χ1v) is 7.65. The number of hydrogen-bond donors (Lipinski definition) is 2. The van der Waals surface area contributed by atoms with E-state index < -0.39 is 10.5 Å². The van der Waals surface area contributed by atoms with Crippen LogP contribution in [-0.4, -0.2) is 16.4 Å². The van der Waals surface area contributed by atoms with E-state index in [1.54, 1.807) is 0 Å². The van der Waals surface area contributed by atoms with Gasteiger partial charge in [0.25, 0.3) is 11.6 Å². The maximum Gasteiger partial charge on any atom is 0.271 e. The number of anilines is 1. The summed E-state index contributed by atoms with van der Waals surface area (Å²) in [4.78, 5) is 23.0. The molecule has 2 aromatic carbocycles. The SMILES string of the molecule is CC(C)(C)NC(=O)c1ccc([N+](=O)[O-])cc1NCc1ccccc1. The van der Waals surface area contributed by atoms with Gasteiger partial charge in [0, 0.05) is 24.2 Å². The van der Waals surface area contributed by atoms with Crippen LogP contribution < -0.4 is 10.6 Å². The van der Waals surface area contributed by atoms with E-state index in [0.29, 0.717) is 17.8 Å². The minimum atomic E-state index is -0.473. The molecular formula is C18H21N3O3. The molecule has 0 spiro atoms. The molecule has 0 unspecified atom stereocenters. The number of nitrogens with zero attached hydrogens (tertiary/aromatic N) is 1. The van der Waals surface area contributed by atoms with Gasteiger partial charge in [-0.05, 0) is 32.4 Å². The van der Waals surface area contributed by atoms with Crippen molar-refractivity contribution in [2.75, 3.05) is 5.32 Å². The fourth-order valence-electron chi connectivity index (χ4n) is 2.19. The Labute approximate surface area is 141 Å². The average molecular weight is 327 g/mol. The van der Waals surface area contributed by atoms with Gasteiger partial charge in [0.1, 0.15) is 0 Å². The number of nitro benzene ring substituents is 1. The molecule has 2 rings (SSSR count). The lowest BCUT2D eigenvalue weighted by Gasteiger charge is -2.21. The van der Waals surface area contributed by atoms with E-state index in [9.17, 15) is 14.9 Å².